The fraction of sp³-hybridized carbons (Fsp3) is 0.406. The zero-order chi connectivity index (χ0) is 27.8. The van der Waals surface area contributed by atoms with Gasteiger partial charge in [0.1, 0.15) is 11.5 Å². The normalized spacial score (nSPS) is 12.7. The summed E-state index contributed by atoms with van der Waals surface area (Å²) in [6.07, 6.45) is 8.04. The fourth-order valence-corrected chi connectivity index (χ4v) is 4.98. The second-order valence-corrected chi connectivity index (χ2v) is 9.95. The molecule has 0 fully saturated rings. The van der Waals surface area contributed by atoms with E-state index in [1.54, 1.807) is 24.3 Å². The fourth-order valence-electron chi connectivity index (χ4n) is 4.98. The number of carbonyl (C=O) groups is 3. The lowest BCUT2D eigenvalue weighted by molar-refractivity contribution is -0.136. The van der Waals surface area contributed by atoms with E-state index >= 15 is 0 Å². The van der Waals surface area contributed by atoms with Crippen LogP contribution in [-0.2, 0) is 11.2 Å². The molecule has 0 bridgehead atoms. The number of rotatable bonds is 15. The average Bonchev–Trinajstić information content (AvgIpc) is 3.19. The minimum Gasteiger partial charge on any atom is -0.492 e. The van der Waals surface area contributed by atoms with Gasteiger partial charge in [0, 0.05) is 10.8 Å². The van der Waals surface area contributed by atoms with Crippen molar-refractivity contribution in [3.05, 3.63) is 65.2 Å². The van der Waals surface area contributed by atoms with Crippen LogP contribution in [0.5, 0.6) is 11.5 Å². The quantitative estimate of drug-likeness (QED) is 0.165. The number of nitrogens with zero attached hydrogens (tertiary/aromatic N) is 1. The molecule has 1 aliphatic rings. The number of fused-ring (bicyclic) bond motifs is 2. The van der Waals surface area contributed by atoms with Gasteiger partial charge < -0.3 is 14.6 Å². The zero-order valence-electron chi connectivity index (χ0n) is 22.8. The predicted octanol–water partition coefficient (Wildman–Crippen LogP) is 7.19. The number of hydrogen-bond donors (Lipinski definition) is 1. The first-order valence-corrected chi connectivity index (χ1v) is 14.0. The number of benzene rings is 3. The number of carboxylic acid groups (broad SMARTS) is 1. The van der Waals surface area contributed by atoms with Gasteiger partial charge in [-0.3, -0.25) is 14.4 Å². The molecule has 3 aromatic rings. The van der Waals surface area contributed by atoms with Gasteiger partial charge in [-0.25, -0.2) is 4.90 Å². The van der Waals surface area contributed by atoms with Crippen LogP contribution in [0.4, 0.5) is 5.69 Å². The molecule has 0 radical (unpaired) electrons. The molecule has 7 nitrogen and oxygen atoms in total. The van der Waals surface area contributed by atoms with Crippen molar-refractivity contribution in [2.75, 3.05) is 18.1 Å². The molecule has 0 aromatic heterocycles. The molecule has 0 aliphatic carbocycles. The van der Waals surface area contributed by atoms with Crippen LogP contribution >= 0.6 is 0 Å². The SMILES string of the molecule is CCCCCCOc1c2c(c(OCCCCCC)c3ccccc13)C(=O)N(c1ccc(CC(=O)O)cc1)C2=O. The predicted molar refractivity (Wildman–Crippen MR) is 152 cm³/mol. The molecule has 0 unspecified atom stereocenters. The summed E-state index contributed by atoms with van der Waals surface area (Å²) < 4.78 is 12.5. The van der Waals surface area contributed by atoms with Gasteiger partial charge in [0.05, 0.1) is 36.4 Å². The summed E-state index contributed by atoms with van der Waals surface area (Å²) in [5.41, 5.74) is 1.42. The number of imide groups is 1. The zero-order valence-corrected chi connectivity index (χ0v) is 22.8. The molecular formula is C32H37NO6. The van der Waals surface area contributed by atoms with E-state index in [0.29, 0.717) is 36.0 Å². The smallest absolute Gasteiger partial charge is 0.307 e. The Kier molecular flexibility index (Phi) is 9.58. The highest BCUT2D eigenvalue weighted by atomic mass is 16.5. The number of carboxylic acids is 1. The number of anilines is 1. The lowest BCUT2D eigenvalue weighted by Gasteiger charge is -2.17. The molecule has 2 amide bonds. The van der Waals surface area contributed by atoms with E-state index in [1.165, 1.54) is 0 Å². The van der Waals surface area contributed by atoms with Gasteiger partial charge in [-0.1, -0.05) is 88.8 Å². The lowest BCUT2D eigenvalue weighted by atomic mass is 9.99. The van der Waals surface area contributed by atoms with Crippen molar-refractivity contribution in [2.45, 2.75) is 71.6 Å². The number of carbonyl (C=O) groups excluding carboxylic acids is 2. The Morgan fingerprint density at radius 2 is 1.21 bits per heavy atom. The Morgan fingerprint density at radius 1 is 0.718 bits per heavy atom. The van der Waals surface area contributed by atoms with E-state index in [4.69, 9.17) is 14.6 Å². The monoisotopic (exact) mass is 531 g/mol. The van der Waals surface area contributed by atoms with Crippen molar-refractivity contribution < 1.29 is 29.0 Å². The Labute approximate surface area is 229 Å². The van der Waals surface area contributed by atoms with Crippen LogP contribution in [0.25, 0.3) is 10.8 Å². The number of aliphatic carboxylic acids is 1. The Balaban J connectivity index is 1.76. The molecule has 39 heavy (non-hydrogen) atoms. The van der Waals surface area contributed by atoms with E-state index in [0.717, 1.165) is 67.0 Å². The molecule has 0 atom stereocenters. The largest absolute Gasteiger partial charge is 0.492 e. The molecule has 7 heteroatoms. The highest BCUT2D eigenvalue weighted by Crippen LogP contribution is 2.46. The van der Waals surface area contributed by atoms with Crippen LogP contribution in [0, 0.1) is 0 Å². The van der Waals surface area contributed by atoms with Gasteiger partial charge in [0.15, 0.2) is 0 Å². The van der Waals surface area contributed by atoms with Crippen LogP contribution in [0.1, 0.15) is 91.5 Å². The summed E-state index contributed by atoms with van der Waals surface area (Å²) in [5.74, 6) is -1.05. The molecular weight excluding hydrogens is 494 g/mol. The van der Waals surface area contributed by atoms with E-state index in [2.05, 4.69) is 13.8 Å². The number of hydrogen-bond acceptors (Lipinski definition) is 5. The number of ether oxygens (including phenoxy) is 2. The van der Waals surface area contributed by atoms with Gasteiger partial charge >= 0.3 is 5.97 Å². The Hall–Kier alpha value is -3.87. The Bertz CT molecular complexity index is 1260. The van der Waals surface area contributed by atoms with Crippen molar-refractivity contribution in [1.29, 1.82) is 0 Å². The summed E-state index contributed by atoms with van der Waals surface area (Å²) in [6.45, 7) is 5.18. The van der Waals surface area contributed by atoms with Crippen molar-refractivity contribution in [2.24, 2.45) is 0 Å². The van der Waals surface area contributed by atoms with Gasteiger partial charge in [0.25, 0.3) is 11.8 Å². The summed E-state index contributed by atoms with van der Waals surface area (Å²) in [5, 5.41) is 10.6. The van der Waals surface area contributed by atoms with Crippen molar-refractivity contribution in [1.82, 2.24) is 0 Å². The first-order chi connectivity index (χ1) is 19.0. The van der Waals surface area contributed by atoms with Gasteiger partial charge in [-0.05, 0) is 30.5 Å². The summed E-state index contributed by atoms with van der Waals surface area (Å²) >= 11 is 0. The Morgan fingerprint density at radius 3 is 1.64 bits per heavy atom. The highest BCUT2D eigenvalue weighted by Gasteiger charge is 2.43. The average molecular weight is 532 g/mol. The third-order valence-corrected chi connectivity index (χ3v) is 6.99. The first kappa shape index (κ1) is 28.1. The third kappa shape index (κ3) is 6.24. The van der Waals surface area contributed by atoms with Crippen molar-refractivity contribution >= 4 is 34.2 Å². The number of amides is 2. The van der Waals surface area contributed by atoms with E-state index in [9.17, 15) is 14.4 Å². The molecule has 206 valence electrons. The van der Waals surface area contributed by atoms with Crippen LogP contribution in [0.3, 0.4) is 0 Å². The molecule has 0 spiro atoms. The lowest BCUT2D eigenvalue weighted by Crippen LogP contribution is -2.29. The summed E-state index contributed by atoms with van der Waals surface area (Å²) in [4.78, 5) is 40.1. The van der Waals surface area contributed by atoms with E-state index in [1.807, 2.05) is 24.3 Å². The minimum atomic E-state index is -0.948. The molecule has 0 saturated heterocycles. The van der Waals surface area contributed by atoms with Crippen LogP contribution in [0.2, 0.25) is 0 Å². The van der Waals surface area contributed by atoms with Gasteiger partial charge in [-0.15, -0.1) is 0 Å². The first-order valence-electron chi connectivity index (χ1n) is 14.0. The molecule has 0 saturated carbocycles. The van der Waals surface area contributed by atoms with E-state index in [-0.39, 0.29) is 17.5 Å². The highest BCUT2D eigenvalue weighted by molar-refractivity contribution is 6.38. The van der Waals surface area contributed by atoms with Crippen LogP contribution in [0.15, 0.2) is 48.5 Å². The van der Waals surface area contributed by atoms with Gasteiger partial charge in [-0.2, -0.15) is 0 Å². The summed E-state index contributed by atoms with van der Waals surface area (Å²) in [7, 11) is 0. The maximum absolute atomic E-state index is 13.9. The maximum Gasteiger partial charge on any atom is 0.307 e. The van der Waals surface area contributed by atoms with Crippen molar-refractivity contribution in [3.8, 4) is 11.5 Å². The molecule has 4 rings (SSSR count). The van der Waals surface area contributed by atoms with Crippen molar-refractivity contribution in [3.63, 3.8) is 0 Å². The second-order valence-electron chi connectivity index (χ2n) is 9.95. The maximum atomic E-state index is 13.9. The third-order valence-electron chi connectivity index (χ3n) is 6.99. The minimum absolute atomic E-state index is 0.139. The number of unbranched alkanes of at least 4 members (excludes halogenated alkanes) is 6. The molecule has 1 aliphatic heterocycles. The van der Waals surface area contributed by atoms with Crippen LogP contribution in [-0.4, -0.2) is 36.1 Å². The van der Waals surface area contributed by atoms with Gasteiger partial charge in [0.2, 0.25) is 0 Å². The summed E-state index contributed by atoms with van der Waals surface area (Å²) in [6, 6.07) is 14.1. The molecule has 1 N–H and O–H groups in total. The molecule has 1 heterocycles. The molecule has 3 aromatic carbocycles. The standard InChI is InChI=1S/C32H37NO6/c1-3-5-7-11-19-38-29-24-13-9-10-14-25(24)30(39-20-12-8-6-4-2)28-27(29)31(36)33(32(28)37)23-17-15-22(16-18-23)21-26(34)35/h9-10,13-18H,3-8,11-12,19-21H2,1-2H3,(H,34,35). The van der Waals surface area contributed by atoms with E-state index < -0.39 is 17.8 Å². The topological polar surface area (TPSA) is 93.1 Å². The second kappa shape index (κ2) is 13.3. The van der Waals surface area contributed by atoms with Crippen LogP contribution < -0.4 is 14.4 Å².